The molecule has 0 aliphatic carbocycles. The number of H-pyrrole nitrogens is 1. The van der Waals surface area contributed by atoms with Gasteiger partial charge in [0.25, 0.3) is 0 Å². The molecule has 0 saturated carbocycles. The number of aromatic amines is 1. The van der Waals surface area contributed by atoms with E-state index in [2.05, 4.69) is 31.0 Å². The van der Waals surface area contributed by atoms with Crippen molar-refractivity contribution in [3.63, 3.8) is 0 Å². The number of ether oxygens (including phenoxy) is 1. The lowest BCUT2D eigenvalue weighted by Crippen LogP contribution is -2.18. The second kappa shape index (κ2) is 4.32. The van der Waals surface area contributed by atoms with Crippen molar-refractivity contribution >= 4 is 10.9 Å². The summed E-state index contributed by atoms with van der Waals surface area (Å²) in [6.45, 7) is 5.03. The number of rotatable bonds is 2. The maximum atomic E-state index is 5.97. The van der Waals surface area contributed by atoms with Crippen LogP contribution >= 0.6 is 0 Å². The number of aryl methyl sites for hydroxylation is 2. The Morgan fingerprint density at radius 3 is 3.06 bits per heavy atom. The lowest BCUT2D eigenvalue weighted by Gasteiger charge is -2.19. The van der Waals surface area contributed by atoms with Crippen LogP contribution in [-0.2, 0) is 12.8 Å². The van der Waals surface area contributed by atoms with Crippen molar-refractivity contribution in [1.29, 1.82) is 0 Å². The fourth-order valence-corrected chi connectivity index (χ4v) is 2.93. The van der Waals surface area contributed by atoms with Gasteiger partial charge < -0.3 is 15.5 Å². The first-order valence-corrected chi connectivity index (χ1v) is 6.68. The maximum Gasteiger partial charge on any atom is 0.123 e. The van der Waals surface area contributed by atoms with Crippen LogP contribution in [0.2, 0.25) is 0 Å². The highest BCUT2D eigenvalue weighted by Crippen LogP contribution is 2.35. The molecular formula is C15H20N2O. The predicted octanol–water partition coefficient (Wildman–Crippen LogP) is 2.69. The van der Waals surface area contributed by atoms with E-state index in [4.69, 9.17) is 10.5 Å². The molecule has 2 heterocycles. The number of nitrogens with two attached hydrogens (primary N) is 1. The van der Waals surface area contributed by atoms with Crippen LogP contribution in [0.5, 0.6) is 5.75 Å². The fourth-order valence-electron chi connectivity index (χ4n) is 2.93. The van der Waals surface area contributed by atoms with Crippen LogP contribution in [-0.4, -0.2) is 17.6 Å². The molecule has 0 amide bonds. The van der Waals surface area contributed by atoms with Gasteiger partial charge >= 0.3 is 0 Å². The maximum absolute atomic E-state index is 5.97. The Hall–Kier alpha value is -1.48. The molecule has 1 aromatic carbocycles. The summed E-state index contributed by atoms with van der Waals surface area (Å²) in [4.78, 5) is 3.47. The van der Waals surface area contributed by atoms with Crippen molar-refractivity contribution in [1.82, 2.24) is 4.98 Å². The lowest BCUT2D eigenvalue weighted by molar-refractivity contribution is 0.289. The molecule has 3 nitrogen and oxygen atoms in total. The average Bonchev–Trinajstić information content (AvgIpc) is 2.66. The first-order valence-electron chi connectivity index (χ1n) is 6.68. The Morgan fingerprint density at radius 1 is 1.44 bits per heavy atom. The summed E-state index contributed by atoms with van der Waals surface area (Å²) in [5.41, 5.74) is 11.2. The van der Waals surface area contributed by atoms with Gasteiger partial charge in [-0.3, -0.25) is 0 Å². The molecule has 0 unspecified atom stereocenters. The second-order valence-electron chi connectivity index (χ2n) is 5.33. The molecule has 1 atom stereocenters. The first kappa shape index (κ1) is 11.6. The number of hydrogen-bond acceptors (Lipinski definition) is 2. The van der Waals surface area contributed by atoms with Crippen molar-refractivity contribution in [3.05, 3.63) is 29.0 Å². The SMILES string of the molecule is Cc1[nH]c2ccc3c(c2c1C[C@H](C)N)CCCO3. The molecule has 3 rings (SSSR count). The molecule has 0 spiro atoms. The summed E-state index contributed by atoms with van der Waals surface area (Å²) in [5.74, 6) is 1.05. The zero-order valence-corrected chi connectivity index (χ0v) is 11.0. The number of fused-ring (bicyclic) bond motifs is 3. The van der Waals surface area contributed by atoms with Gasteiger partial charge in [-0.1, -0.05) is 0 Å². The van der Waals surface area contributed by atoms with E-state index >= 15 is 0 Å². The Bertz CT molecular complexity index is 584. The van der Waals surface area contributed by atoms with Crippen LogP contribution in [0, 0.1) is 6.92 Å². The van der Waals surface area contributed by atoms with E-state index in [1.54, 1.807) is 0 Å². The standard InChI is InChI=1S/C15H20N2O/c1-9(16)8-12-10(2)17-13-5-6-14-11(15(12)13)4-3-7-18-14/h5-6,9,17H,3-4,7-8,16H2,1-2H3/t9-/m0/s1. The van der Waals surface area contributed by atoms with Crippen LogP contribution in [0.15, 0.2) is 12.1 Å². The molecule has 1 aliphatic heterocycles. The van der Waals surface area contributed by atoms with Crippen LogP contribution in [0.1, 0.15) is 30.2 Å². The van der Waals surface area contributed by atoms with Crippen molar-refractivity contribution in [3.8, 4) is 5.75 Å². The summed E-state index contributed by atoms with van der Waals surface area (Å²) < 4.78 is 5.76. The van der Waals surface area contributed by atoms with Crippen LogP contribution in [0.4, 0.5) is 0 Å². The van der Waals surface area contributed by atoms with Gasteiger partial charge in [0, 0.05) is 28.2 Å². The molecule has 0 bridgehead atoms. The molecule has 3 heteroatoms. The highest BCUT2D eigenvalue weighted by atomic mass is 16.5. The van der Waals surface area contributed by atoms with Gasteiger partial charge in [0.1, 0.15) is 5.75 Å². The molecule has 0 fully saturated rings. The van der Waals surface area contributed by atoms with E-state index in [9.17, 15) is 0 Å². The Kier molecular flexibility index (Phi) is 2.78. The monoisotopic (exact) mass is 244 g/mol. The number of benzene rings is 1. The summed E-state index contributed by atoms with van der Waals surface area (Å²) in [6, 6.07) is 4.39. The van der Waals surface area contributed by atoms with E-state index in [1.807, 2.05) is 0 Å². The molecule has 1 aliphatic rings. The van der Waals surface area contributed by atoms with Gasteiger partial charge in [0.2, 0.25) is 0 Å². The molecule has 1 aromatic heterocycles. The summed E-state index contributed by atoms with van der Waals surface area (Å²) in [5, 5.41) is 1.35. The highest BCUT2D eigenvalue weighted by Gasteiger charge is 2.19. The molecule has 0 saturated heterocycles. The minimum atomic E-state index is 0.183. The van der Waals surface area contributed by atoms with Crippen LogP contribution < -0.4 is 10.5 Å². The van der Waals surface area contributed by atoms with Crippen LogP contribution in [0.3, 0.4) is 0 Å². The lowest BCUT2D eigenvalue weighted by atomic mass is 9.96. The number of nitrogens with one attached hydrogen (secondary N) is 1. The topological polar surface area (TPSA) is 51.0 Å². The van der Waals surface area contributed by atoms with Gasteiger partial charge in [-0.15, -0.1) is 0 Å². The number of aromatic nitrogens is 1. The average molecular weight is 244 g/mol. The van der Waals surface area contributed by atoms with Gasteiger partial charge in [-0.05, 0) is 50.8 Å². The van der Waals surface area contributed by atoms with Crippen LogP contribution in [0.25, 0.3) is 10.9 Å². The zero-order chi connectivity index (χ0) is 12.7. The van der Waals surface area contributed by atoms with E-state index in [-0.39, 0.29) is 6.04 Å². The normalized spacial score (nSPS) is 16.4. The van der Waals surface area contributed by atoms with E-state index in [0.29, 0.717) is 0 Å². The quantitative estimate of drug-likeness (QED) is 0.853. The molecule has 0 radical (unpaired) electrons. The molecule has 96 valence electrons. The molecule has 2 aromatic rings. The van der Waals surface area contributed by atoms with E-state index < -0.39 is 0 Å². The number of hydrogen-bond donors (Lipinski definition) is 2. The van der Waals surface area contributed by atoms with Gasteiger partial charge in [0.05, 0.1) is 6.61 Å². The predicted molar refractivity (Wildman–Crippen MR) is 74.2 cm³/mol. The Balaban J connectivity index is 2.24. The van der Waals surface area contributed by atoms with Crippen molar-refractivity contribution in [2.24, 2.45) is 5.73 Å². The highest BCUT2D eigenvalue weighted by molar-refractivity contribution is 5.90. The van der Waals surface area contributed by atoms with Gasteiger partial charge in [0.15, 0.2) is 0 Å². The Morgan fingerprint density at radius 2 is 2.28 bits per heavy atom. The third-order valence-corrected chi connectivity index (χ3v) is 3.70. The first-order chi connectivity index (χ1) is 8.66. The smallest absolute Gasteiger partial charge is 0.123 e. The van der Waals surface area contributed by atoms with Gasteiger partial charge in [-0.2, -0.15) is 0 Å². The summed E-state index contributed by atoms with van der Waals surface area (Å²) >= 11 is 0. The second-order valence-corrected chi connectivity index (χ2v) is 5.33. The van der Waals surface area contributed by atoms with Crippen molar-refractivity contribution < 1.29 is 4.74 Å². The van der Waals surface area contributed by atoms with Gasteiger partial charge in [-0.25, -0.2) is 0 Å². The summed E-state index contributed by atoms with van der Waals surface area (Å²) in [7, 11) is 0. The van der Waals surface area contributed by atoms with E-state index in [1.165, 1.54) is 27.7 Å². The largest absolute Gasteiger partial charge is 0.493 e. The van der Waals surface area contributed by atoms with Crippen molar-refractivity contribution in [2.75, 3.05) is 6.61 Å². The molecular weight excluding hydrogens is 224 g/mol. The minimum Gasteiger partial charge on any atom is -0.493 e. The van der Waals surface area contributed by atoms with Crippen molar-refractivity contribution in [2.45, 2.75) is 39.2 Å². The third-order valence-electron chi connectivity index (χ3n) is 3.70. The summed E-state index contributed by atoms with van der Waals surface area (Å²) in [6.07, 6.45) is 3.13. The molecule has 3 N–H and O–H groups in total. The molecule has 18 heavy (non-hydrogen) atoms. The zero-order valence-electron chi connectivity index (χ0n) is 11.0. The fraction of sp³-hybridized carbons (Fsp3) is 0.467. The minimum absolute atomic E-state index is 0.183. The Labute approximate surface area is 107 Å². The third kappa shape index (κ3) is 1.79. The van der Waals surface area contributed by atoms with E-state index in [0.717, 1.165) is 31.6 Å².